The summed E-state index contributed by atoms with van der Waals surface area (Å²) in [5.74, 6) is 3.37. The highest BCUT2D eigenvalue weighted by atomic mass is 32.1. The highest BCUT2D eigenvalue weighted by Gasteiger charge is 2.21. The minimum Gasteiger partial charge on any atom is -0.454 e. The lowest BCUT2D eigenvalue weighted by Crippen LogP contribution is -2.46. The van der Waals surface area contributed by atoms with Gasteiger partial charge in [0.25, 0.3) is 0 Å². The van der Waals surface area contributed by atoms with E-state index in [1.807, 2.05) is 18.2 Å². The van der Waals surface area contributed by atoms with Gasteiger partial charge in [-0.05, 0) is 41.3 Å². The predicted molar refractivity (Wildman–Crippen MR) is 131 cm³/mol. The van der Waals surface area contributed by atoms with Crippen molar-refractivity contribution in [3.05, 3.63) is 70.4 Å². The number of hydrogen-bond acceptors (Lipinski definition) is 8. The Morgan fingerprint density at radius 2 is 1.79 bits per heavy atom. The summed E-state index contributed by atoms with van der Waals surface area (Å²) < 4.78 is 10.9. The van der Waals surface area contributed by atoms with E-state index in [1.54, 1.807) is 11.3 Å². The molecule has 1 fully saturated rings. The Hall–Kier alpha value is -3.36. The number of benzene rings is 2. The topological polar surface area (TPSA) is 62.8 Å². The molecule has 0 amide bonds. The Balaban J connectivity index is 1.15. The number of anilines is 2. The van der Waals surface area contributed by atoms with Gasteiger partial charge in [0.15, 0.2) is 11.5 Å². The maximum Gasteiger partial charge on any atom is 0.231 e. The molecule has 6 rings (SSSR count). The van der Waals surface area contributed by atoms with Gasteiger partial charge in [-0.1, -0.05) is 24.3 Å². The lowest BCUT2D eigenvalue weighted by atomic mass is 10.1. The van der Waals surface area contributed by atoms with Crippen molar-refractivity contribution >= 4 is 34.0 Å². The largest absolute Gasteiger partial charge is 0.454 e. The van der Waals surface area contributed by atoms with Gasteiger partial charge < -0.3 is 19.7 Å². The van der Waals surface area contributed by atoms with E-state index >= 15 is 0 Å². The number of fused-ring (bicyclic) bond motifs is 2. The first kappa shape index (κ1) is 20.3. The van der Waals surface area contributed by atoms with E-state index < -0.39 is 0 Å². The molecule has 33 heavy (non-hydrogen) atoms. The van der Waals surface area contributed by atoms with Gasteiger partial charge in [0.1, 0.15) is 5.82 Å². The van der Waals surface area contributed by atoms with Crippen LogP contribution in [-0.4, -0.2) is 47.8 Å². The third kappa shape index (κ3) is 4.31. The minimum absolute atomic E-state index is 0.313. The molecule has 7 nitrogen and oxygen atoms in total. The molecule has 0 bridgehead atoms. The van der Waals surface area contributed by atoms with Crippen molar-refractivity contribution in [1.29, 1.82) is 0 Å². The fourth-order valence-electron chi connectivity index (χ4n) is 4.33. The smallest absolute Gasteiger partial charge is 0.231 e. The molecule has 4 heterocycles. The van der Waals surface area contributed by atoms with Crippen LogP contribution in [0, 0.1) is 0 Å². The molecule has 2 aromatic heterocycles. The van der Waals surface area contributed by atoms with E-state index in [2.05, 4.69) is 56.9 Å². The maximum absolute atomic E-state index is 5.52. The van der Waals surface area contributed by atoms with Crippen molar-refractivity contribution in [2.75, 3.05) is 43.2 Å². The van der Waals surface area contributed by atoms with Crippen LogP contribution >= 0.6 is 11.3 Å². The quantitative estimate of drug-likeness (QED) is 0.460. The van der Waals surface area contributed by atoms with Crippen LogP contribution in [-0.2, 0) is 13.1 Å². The SMILES string of the molecule is c1csc(CNc2nc(N3CCN(Cc4ccc5c(c4)OCO5)CC3)nc3ccccc23)c1. The van der Waals surface area contributed by atoms with Gasteiger partial charge in [-0.2, -0.15) is 4.98 Å². The first-order valence-electron chi connectivity index (χ1n) is 11.2. The number of nitrogens with one attached hydrogen (secondary N) is 1. The monoisotopic (exact) mass is 459 g/mol. The summed E-state index contributed by atoms with van der Waals surface area (Å²) in [4.78, 5) is 15.9. The van der Waals surface area contributed by atoms with Crippen LogP contribution in [0.3, 0.4) is 0 Å². The third-order valence-electron chi connectivity index (χ3n) is 6.10. The average Bonchev–Trinajstić information content (AvgIpc) is 3.55. The van der Waals surface area contributed by atoms with E-state index in [0.717, 1.165) is 73.4 Å². The Labute approximate surface area is 196 Å². The number of ether oxygens (including phenoxy) is 2. The molecule has 8 heteroatoms. The van der Waals surface area contributed by atoms with Gasteiger partial charge in [-0.25, -0.2) is 4.98 Å². The van der Waals surface area contributed by atoms with Crippen molar-refractivity contribution in [1.82, 2.24) is 14.9 Å². The molecule has 0 atom stereocenters. The van der Waals surface area contributed by atoms with Crippen LogP contribution < -0.4 is 19.7 Å². The Kier molecular flexibility index (Phi) is 5.45. The highest BCUT2D eigenvalue weighted by molar-refractivity contribution is 7.09. The zero-order valence-electron chi connectivity index (χ0n) is 18.2. The van der Waals surface area contributed by atoms with Crippen molar-refractivity contribution in [3.63, 3.8) is 0 Å². The van der Waals surface area contributed by atoms with Crippen molar-refractivity contribution in [3.8, 4) is 11.5 Å². The van der Waals surface area contributed by atoms with Gasteiger partial charge >= 0.3 is 0 Å². The molecule has 1 saturated heterocycles. The molecule has 0 spiro atoms. The summed E-state index contributed by atoms with van der Waals surface area (Å²) in [7, 11) is 0. The first-order chi connectivity index (χ1) is 16.3. The number of aromatic nitrogens is 2. The summed E-state index contributed by atoms with van der Waals surface area (Å²) in [6, 6.07) is 18.6. The van der Waals surface area contributed by atoms with Crippen LogP contribution in [0.5, 0.6) is 11.5 Å². The lowest BCUT2D eigenvalue weighted by Gasteiger charge is -2.35. The van der Waals surface area contributed by atoms with Crippen molar-refractivity contribution in [2.24, 2.45) is 0 Å². The van der Waals surface area contributed by atoms with Crippen LogP contribution in [0.2, 0.25) is 0 Å². The third-order valence-corrected chi connectivity index (χ3v) is 6.98. The number of hydrogen-bond donors (Lipinski definition) is 1. The fraction of sp³-hybridized carbons (Fsp3) is 0.280. The van der Waals surface area contributed by atoms with E-state index in [-0.39, 0.29) is 0 Å². The standard InChI is InChI=1S/C25H25N5O2S/c1-2-6-21-20(5-1)24(26-15-19-4-3-13-33-19)28-25(27-21)30-11-9-29(10-12-30)16-18-7-8-22-23(14-18)32-17-31-22/h1-8,13-14H,9-12,15-17H2,(H,26,27,28). The van der Waals surface area contributed by atoms with E-state index in [0.29, 0.717) is 6.79 Å². The second-order valence-corrected chi connectivity index (χ2v) is 9.31. The molecular weight excluding hydrogens is 434 g/mol. The van der Waals surface area contributed by atoms with E-state index in [9.17, 15) is 0 Å². The second kappa shape index (κ2) is 8.88. The average molecular weight is 460 g/mol. The minimum atomic E-state index is 0.313. The van der Waals surface area contributed by atoms with Gasteiger partial charge in [0.2, 0.25) is 12.7 Å². The molecule has 4 aromatic rings. The van der Waals surface area contributed by atoms with Gasteiger partial charge in [0.05, 0.1) is 12.1 Å². The van der Waals surface area contributed by atoms with Gasteiger partial charge in [0, 0.05) is 43.0 Å². The Morgan fingerprint density at radius 1 is 0.909 bits per heavy atom. The fourth-order valence-corrected chi connectivity index (χ4v) is 4.97. The summed E-state index contributed by atoms with van der Waals surface area (Å²) in [6.07, 6.45) is 0. The summed E-state index contributed by atoms with van der Waals surface area (Å²) in [5.41, 5.74) is 2.22. The van der Waals surface area contributed by atoms with Crippen LogP contribution in [0.25, 0.3) is 10.9 Å². The lowest BCUT2D eigenvalue weighted by molar-refractivity contribution is 0.174. The highest BCUT2D eigenvalue weighted by Crippen LogP contribution is 2.33. The number of nitrogens with zero attached hydrogens (tertiary/aromatic N) is 4. The van der Waals surface area contributed by atoms with E-state index in [4.69, 9.17) is 19.4 Å². The first-order valence-corrected chi connectivity index (χ1v) is 12.1. The van der Waals surface area contributed by atoms with Crippen LogP contribution in [0.15, 0.2) is 60.0 Å². The molecule has 2 aliphatic heterocycles. The molecule has 0 radical (unpaired) electrons. The van der Waals surface area contributed by atoms with E-state index in [1.165, 1.54) is 10.4 Å². The molecular formula is C25H25N5O2S. The molecule has 0 unspecified atom stereocenters. The molecule has 2 aromatic carbocycles. The number of para-hydroxylation sites is 1. The summed E-state index contributed by atoms with van der Waals surface area (Å²) in [5, 5.41) is 6.69. The zero-order chi connectivity index (χ0) is 22.0. The Bertz CT molecular complexity index is 1260. The van der Waals surface area contributed by atoms with Crippen LogP contribution in [0.1, 0.15) is 10.4 Å². The zero-order valence-corrected chi connectivity index (χ0v) is 19.1. The maximum atomic E-state index is 5.52. The molecule has 1 N–H and O–H groups in total. The Morgan fingerprint density at radius 3 is 2.67 bits per heavy atom. The van der Waals surface area contributed by atoms with Gasteiger partial charge in [-0.3, -0.25) is 4.90 Å². The number of thiophene rings is 1. The van der Waals surface area contributed by atoms with Crippen molar-refractivity contribution < 1.29 is 9.47 Å². The van der Waals surface area contributed by atoms with Crippen LogP contribution in [0.4, 0.5) is 11.8 Å². The summed E-state index contributed by atoms with van der Waals surface area (Å²) in [6.45, 7) is 5.69. The van der Waals surface area contributed by atoms with Crippen molar-refractivity contribution in [2.45, 2.75) is 13.1 Å². The molecule has 168 valence electrons. The number of rotatable bonds is 6. The van der Waals surface area contributed by atoms with Gasteiger partial charge in [-0.15, -0.1) is 11.3 Å². The molecule has 2 aliphatic rings. The number of piperazine rings is 1. The molecule has 0 aliphatic carbocycles. The normalized spacial score (nSPS) is 15.8. The summed E-state index contributed by atoms with van der Waals surface area (Å²) >= 11 is 1.75. The molecule has 0 saturated carbocycles. The second-order valence-electron chi connectivity index (χ2n) is 8.27. The predicted octanol–water partition coefficient (Wildman–Crippen LogP) is 4.35.